The minimum Gasteiger partial charge on any atom is -0.359 e. The Balaban J connectivity index is 2.79. The number of fused-ring (bicyclic) bond motifs is 1. The van der Waals surface area contributed by atoms with E-state index in [-0.39, 0.29) is 5.78 Å². The molecule has 0 saturated carbocycles. The minimum atomic E-state index is 0.0596. The summed E-state index contributed by atoms with van der Waals surface area (Å²) in [6.45, 7) is 1.55. The first-order valence-electron chi connectivity index (χ1n) is 3.82. The number of Topliss-reactive ketones (excluding diaryl/α,β-unsaturated/α-hetero) is 1. The number of halogens is 1. The molecular weight excluding hydrogens is 232 g/mol. The molecule has 13 heavy (non-hydrogen) atoms. The third-order valence-electron chi connectivity index (χ3n) is 1.91. The van der Waals surface area contributed by atoms with Crippen LogP contribution in [0, 0.1) is 0 Å². The minimum absolute atomic E-state index is 0.0596. The summed E-state index contributed by atoms with van der Waals surface area (Å²) in [5, 5.41) is 0.911. The number of aromatic nitrogens is 2. The molecule has 0 aromatic carbocycles. The standard InChI is InChI=1S/C9H7BrN2O/c1-5(13)7-3-11-8-4-12-9(10)2-6(7)8/h2-4,11H,1H3. The number of nitrogens with one attached hydrogen (secondary N) is 1. The van der Waals surface area contributed by atoms with Crippen LogP contribution in [-0.2, 0) is 0 Å². The van der Waals surface area contributed by atoms with Crippen molar-refractivity contribution in [3.63, 3.8) is 0 Å². The number of carbonyl (C=O) groups is 1. The van der Waals surface area contributed by atoms with Gasteiger partial charge in [-0.2, -0.15) is 0 Å². The number of carbonyl (C=O) groups excluding carboxylic acids is 1. The highest BCUT2D eigenvalue weighted by Gasteiger charge is 2.07. The number of ketones is 1. The number of nitrogens with zero attached hydrogens (tertiary/aromatic N) is 1. The van der Waals surface area contributed by atoms with Crippen LogP contribution in [-0.4, -0.2) is 15.8 Å². The smallest absolute Gasteiger partial charge is 0.161 e. The van der Waals surface area contributed by atoms with Gasteiger partial charge in [-0.25, -0.2) is 4.98 Å². The molecule has 2 aromatic heterocycles. The maximum atomic E-state index is 11.2. The molecule has 2 heterocycles. The van der Waals surface area contributed by atoms with Crippen LogP contribution in [0.3, 0.4) is 0 Å². The Hall–Kier alpha value is -1.16. The van der Waals surface area contributed by atoms with Crippen molar-refractivity contribution in [2.45, 2.75) is 6.92 Å². The maximum absolute atomic E-state index is 11.2. The number of rotatable bonds is 1. The van der Waals surface area contributed by atoms with E-state index in [1.165, 1.54) is 0 Å². The van der Waals surface area contributed by atoms with E-state index < -0.39 is 0 Å². The van der Waals surface area contributed by atoms with Crippen molar-refractivity contribution in [2.24, 2.45) is 0 Å². The van der Waals surface area contributed by atoms with Crippen molar-refractivity contribution < 1.29 is 4.79 Å². The summed E-state index contributed by atoms with van der Waals surface area (Å²) in [5.74, 6) is 0.0596. The van der Waals surface area contributed by atoms with Gasteiger partial charge in [0, 0.05) is 17.1 Å². The highest BCUT2D eigenvalue weighted by Crippen LogP contribution is 2.20. The van der Waals surface area contributed by atoms with Crippen LogP contribution in [0.4, 0.5) is 0 Å². The molecule has 0 radical (unpaired) electrons. The third-order valence-corrected chi connectivity index (χ3v) is 2.35. The summed E-state index contributed by atoms with van der Waals surface area (Å²) >= 11 is 3.26. The van der Waals surface area contributed by atoms with E-state index in [4.69, 9.17) is 0 Å². The molecule has 66 valence electrons. The third kappa shape index (κ3) is 1.37. The fourth-order valence-corrected chi connectivity index (χ4v) is 1.62. The molecular formula is C9H7BrN2O. The first-order chi connectivity index (χ1) is 6.18. The number of aromatic amines is 1. The van der Waals surface area contributed by atoms with Crippen LogP contribution in [0.25, 0.3) is 10.9 Å². The quantitative estimate of drug-likeness (QED) is 0.613. The monoisotopic (exact) mass is 238 g/mol. The maximum Gasteiger partial charge on any atom is 0.161 e. The highest BCUT2D eigenvalue weighted by molar-refractivity contribution is 9.10. The number of H-pyrrole nitrogens is 1. The van der Waals surface area contributed by atoms with E-state index in [1.54, 1.807) is 19.3 Å². The normalized spacial score (nSPS) is 10.6. The molecule has 4 heteroatoms. The van der Waals surface area contributed by atoms with Crippen molar-refractivity contribution in [3.8, 4) is 0 Å². The zero-order valence-electron chi connectivity index (χ0n) is 6.97. The van der Waals surface area contributed by atoms with Crippen molar-refractivity contribution >= 4 is 32.6 Å². The first-order valence-corrected chi connectivity index (χ1v) is 4.61. The van der Waals surface area contributed by atoms with Crippen molar-refractivity contribution in [2.75, 3.05) is 0 Å². The molecule has 0 atom stereocenters. The Morgan fingerprint density at radius 3 is 3.08 bits per heavy atom. The molecule has 0 aliphatic rings. The fraction of sp³-hybridized carbons (Fsp3) is 0.111. The number of pyridine rings is 1. The molecule has 0 spiro atoms. The van der Waals surface area contributed by atoms with Crippen molar-refractivity contribution in [1.82, 2.24) is 9.97 Å². The first kappa shape index (κ1) is 8.44. The Morgan fingerprint density at radius 1 is 1.62 bits per heavy atom. The van der Waals surface area contributed by atoms with Crippen molar-refractivity contribution in [1.29, 1.82) is 0 Å². The average Bonchev–Trinajstić information content (AvgIpc) is 2.46. The van der Waals surface area contributed by atoms with Gasteiger partial charge in [0.2, 0.25) is 0 Å². The molecule has 2 aromatic rings. The highest BCUT2D eigenvalue weighted by atomic mass is 79.9. The predicted molar refractivity (Wildman–Crippen MR) is 53.8 cm³/mol. The van der Waals surface area contributed by atoms with Gasteiger partial charge in [0.15, 0.2) is 5.78 Å². The molecule has 2 rings (SSSR count). The summed E-state index contributed by atoms with van der Waals surface area (Å²) < 4.78 is 0.738. The molecule has 0 aliphatic carbocycles. The van der Waals surface area contributed by atoms with Gasteiger partial charge in [0.25, 0.3) is 0 Å². The molecule has 0 aliphatic heterocycles. The van der Waals surface area contributed by atoms with E-state index in [9.17, 15) is 4.79 Å². The van der Waals surface area contributed by atoms with E-state index in [2.05, 4.69) is 25.9 Å². The number of hydrogen-bond donors (Lipinski definition) is 1. The number of hydrogen-bond acceptors (Lipinski definition) is 2. The van der Waals surface area contributed by atoms with Gasteiger partial charge in [0.1, 0.15) is 4.60 Å². The van der Waals surface area contributed by atoms with E-state index >= 15 is 0 Å². The van der Waals surface area contributed by atoms with E-state index in [0.717, 1.165) is 15.5 Å². The molecule has 0 saturated heterocycles. The van der Waals surface area contributed by atoms with Gasteiger partial charge in [-0.3, -0.25) is 4.79 Å². The lowest BCUT2D eigenvalue weighted by molar-refractivity contribution is 0.101. The van der Waals surface area contributed by atoms with Crippen LogP contribution in [0.15, 0.2) is 23.1 Å². The van der Waals surface area contributed by atoms with Crippen LogP contribution < -0.4 is 0 Å². The summed E-state index contributed by atoms with van der Waals surface area (Å²) in [4.78, 5) is 18.2. The summed E-state index contributed by atoms with van der Waals surface area (Å²) in [5.41, 5.74) is 1.59. The lowest BCUT2D eigenvalue weighted by Crippen LogP contribution is -1.88. The molecule has 0 amide bonds. The Morgan fingerprint density at radius 2 is 2.38 bits per heavy atom. The molecule has 0 bridgehead atoms. The van der Waals surface area contributed by atoms with Gasteiger partial charge in [-0.15, -0.1) is 0 Å². The molecule has 0 fully saturated rings. The Kier molecular flexibility index (Phi) is 1.92. The van der Waals surface area contributed by atoms with Crippen LogP contribution in [0.2, 0.25) is 0 Å². The van der Waals surface area contributed by atoms with Crippen LogP contribution >= 0.6 is 15.9 Å². The van der Waals surface area contributed by atoms with Gasteiger partial charge in [-0.1, -0.05) is 0 Å². The van der Waals surface area contributed by atoms with E-state index in [1.807, 2.05) is 6.07 Å². The SMILES string of the molecule is CC(=O)c1c[nH]c2cnc(Br)cc12. The van der Waals surface area contributed by atoms with E-state index in [0.29, 0.717) is 5.56 Å². The van der Waals surface area contributed by atoms with Crippen molar-refractivity contribution in [3.05, 3.63) is 28.6 Å². The molecule has 3 nitrogen and oxygen atoms in total. The van der Waals surface area contributed by atoms with Crippen LogP contribution in [0.1, 0.15) is 17.3 Å². The Bertz CT molecular complexity index is 475. The zero-order chi connectivity index (χ0) is 9.42. The van der Waals surface area contributed by atoms with Gasteiger partial charge >= 0.3 is 0 Å². The summed E-state index contributed by atoms with van der Waals surface area (Å²) in [6.07, 6.45) is 3.41. The lowest BCUT2D eigenvalue weighted by atomic mass is 10.1. The second kappa shape index (κ2) is 2.96. The average molecular weight is 239 g/mol. The lowest BCUT2D eigenvalue weighted by Gasteiger charge is -1.93. The van der Waals surface area contributed by atoms with Gasteiger partial charge in [0.05, 0.1) is 11.7 Å². The van der Waals surface area contributed by atoms with Gasteiger partial charge < -0.3 is 4.98 Å². The largest absolute Gasteiger partial charge is 0.359 e. The van der Waals surface area contributed by atoms with Gasteiger partial charge in [-0.05, 0) is 28.9 Å². The topological polar surface area (TPSA) is 45.8 Å². The second-order valence-corrected chi connectivity index (χ2v) is 3.62. The van der Waals surface area contributed by atoms with Crippen LogP contribution in [0.5, 0.6) is 0 Å². The summed E-state index contributed by atoms with van der Waals surface area (Å²) in [7, 11) is 0. The predicted octanol–water partition coefficient (Wildman–Crippen LogP) is 2.53. The molecule has 1 N–H and O–H groups in total. The Labute approximate surface area is 83.3 Å². The summed E-state index contributed by atoms with van der Waals surface area (Å²) in [6, 6.07) is 1.84. The fourth-order valence-electron chi connectivity index (χ4n) is 1.29. The second-order valence-electron chi connectivity index (χ2n) is 2.81. The zero-order valence-corrected chi connectivity index (χ0v) is 8.55. The molecule has 0 unspecified atom stereocenters.